The third kappa shape index (κ3) is 6.01. The highest BCUT2D eigenvalue weighted by Crippen LogP contribution is 2.25. The van der Waals surface area contributed by atoms with Crippen LogP contribution < -0.4 is 10.9 Å². The van der Waals surface area contributed by atoms with Crippen molar-refractivity contribution in [1.29, 1.82) is 0 Å². The van der Waals surface area contributed by atoms with E-state index in [1.54, 1.807) is 0 Å². The molecule has 0 bridgehead atoms. The van der Waals surface area contributed by atoms with E-state index in [0.29, 0.717) is 5.92 Å². The summed E-state index contributed by atoms with van der Waals surface area (Å²) in [6.45, 7) is 5.03. The van der Waals surface area contributed by atoms with Gasteiger partial charge in [-0.1, -0.05) is 6.92 Å². The molecule has 114 valence electrons. The van der Waals surface area contributed by atoms with Gasteiger partial charge in [-0.15, -0.1) is 0 Å². The molecule has 1 saturated heterocycles. The Kier molecular flexibility index (Phi) is 6.44. The maximum Gasteiger partial charge on any atom is 0.303 e. The number of hydrazine groups is 1. The van der Waals surface area contributed by atoms with Gasteiger partial charge >= 0.3 is 5.97 Å². The predicted octanol–water partition coefficient (Wildman–Crippen LogP) is -0.0235. The molecule has 7 nitrogen and oxygen atoms in total. The Bertz CT molecular complexity index is 373. The van der Waals surface area contributed by atoms with Crippen LogP contribution in [0, 0.1) is 11.8 Å². The highest BCUT2D eigenvalue weighted by Gasteiger charge is 2.26. The van der Waals surface area contributed by atoms with Crippen LogP contribution in [-0.2, 0) is 14.4 Å². The fourth-order valence-corrected chi connectivity index (χ4v) is 2.54. The zero-order valence-electron chi connectivity index (χ0n) is 12.0. The van der Waals surface area contributed by atoms with E-state index < -0.39 is 5.97 Å². The SMILES string of the molecule is CC(=O)NNC(=O)CN1CCCC(C(C)CC(=O)O)C1. The lowest BCUT2D eigenvalue weighted by atomic mass is 9.84. The summed E-state index contributed by atoms with van der Waals surface area (Å²) in [5.74, 6) is -0.947. The Morgan fingerprint density at radius 1 is 1.35 bits per heavy atom. The number of piperidine rings is 1. The van der Waals surface area contributed by atoms with Crippen molar-refractivity contribution in [3.05, 3.63) is 0 Å². The number of carboxylic acids is 1. The van der Waals surface area contributed by atoms with Crippen LogP contribution in [0.5, 0.6) is 0 Å². The summed E-state index contributed by atoms with van der Waals surface area (Å²) in [5.41, 5.74) is 4.58. The number of rotatable bonds is 5. The topological polar surface area (TPSA) is 98.7 Å². The maximum atomic E-state index is 11.6. The number of hydrogen-bond acceptors (Lipinski definition) is 4. The molecule has 0 radical (unpaired) electrons. The highest BCUT2D eigenvalue weighted by atomic mass is 16.4. The molecular formula is C13H23N3O4. The van der Waals surface area contributed by atoms with Crippen LogP contribution in [0.1, 0.15) is 33.1 Å². The second kappa shape index (κ2) is 7.84. The third-order valence-corrected chi connectivity index (χ3v) is 3.59. The second-order valence-corrected chi connectivity index (χ2v) is 5.44. The molecule has 1 aliphatic rings. The number of carbonyl (C=O) groups is 3. The fourth-order valence-electron chi connectivity index (χ4n) is 2.54. The molecule has 0 aromatic carbocycles. The van der Waals surface area contributed by atoms with Crippen molar-refractivity contribution < 1.29 is 19.5 Å². The quantitative estimate of drug-likeness (QED) is 0.616. The first-order valence-electron chi connectivity index (χ1n) is 6.88. The number of carbonyl (C=O) groups excluding carboxylic acids is 2. The molecule has 1 aliphatic heterocycles. The molecule has 0 aromatic heterocycles. The van der Waals surface area contributed by atoms with Gasteiger partial charge in [0.1, 0.15) is 0 Å². The predicted molar refractivity (Wildman–Crippen MR) is 72.5 cm³/mol. The van der Waals surface area contributed by atoms with E-state index in [0.717, 1.165) is 25.9 Å². The summed E-state index contributed by atoms with van der Waals surface area (Å²) in [4.78, 5) is 35.0. The van der Waals surface area contributed by atoms with E-state index in [1.165, 1.54) is 6.92 Å². The molecule has 20 heavy (non-hydrogen) atoms. The van der Waals surface area contributed by atoms with Crippen LogP contribution in [0.25, 0.3) is 0 Å². The van der Waals surface area contributed by atoms with Gasteiger partial charge < -0.3 is 5.11 Å². The minimum Gasteiger partial charge on any atom is -0.481 e. The third-order valence-electron chi connectivity index (χ3n) is 3.59. The summed E-state index contributed by atoms with van der Waals surface area (Å²) >= 11 is 0. The summed E-state index contributed by atoms with van der Waals surface area (Å²) < 4.78 is 0. The molecule has 1 heterocycles. The molecule has 2 atom stereocenters. The van der Waals surface area contributed by atoms with Gasteiger partial charge in [0, 0.05) is 19.9 Å². The lowest BCUT2D eigenvalue weighted by Crippen LogP contribution is -2.48. The molecule has 2 unspecified atom stereocenters. The van der Waals surface area contributed by atoms with Crippen molar-refractivity contribution in [3.63, 3.8) is 0 Å². The van der Waals surface area contributed by atoms with E-state index in [4.69, 9.17) is 5.11 Å². The Morgan fingerprint density at radius 3 is 2.65 bits per heavy atom. The number of nitrogens with one attached hydrogen (secondary N) is 2. The lowest BCUT2D eigenvalue weighted by molar-refractivity contribution is -0.138. The standard InChI is InChI=1S/C13H23N3O4/c1-9(6-13(19)20)11-4-3-5-16(7-11)8-12(18)15-14-10(2)17/h9,11H,3-8H2,1-2H3,(H,14,17)(H,15,18)(H,19,20). The van der Waals surface area contributed by atoms with Gasteiger partial charge in [0.05, 0.1) is 6.54 Å². The van der Waals surface area contributed by atoms with Gasteiger partial charge in [0.2, 0.25) is 5.91 Å². The largest absolute Gasteiger partial charge is 0.481 e. The molecule has 0 aromatic rings. The second-order valence-electron chi connectivity index (χ2n) is 5.44. The van der Waals surface area contributed by atoms with Gasteiger partial charge in [-0.2, -0.15) is 0 Å². The van der Waals surface area contributed by atoms with E-state index in [9.17, 15) is 14.4 Å². The van der Waals surface area contributed by atoms with Crippen molar-refractivity contribution >= 4 is 17.8 Å². The van der Waals surface area contributed by atoms with Crippen molar-refractivity contribution in [1.82, 2.24) is 15.8 Å². The first kappa shape index (κ1) is 16.4. The average molecular weight is 285 g/mol. The van der Waals surface area contributed by atoms with E-state index in [2.05, 4.69) is 10.9 Å². The monoisotopic (exact) mass is 285 g/mol. The number of likely N-dealkylation sites (tertiary alicyclic amines) is 1. The summed E-state index contributed by atoms with van der Waals surface area (Å²) in [5, 5.41) is 8.83. The molecule has 0 spiro atoms. The molecule has 3 N–H and O–H groups in total. The Hall–Kier alpha value is -1.63. The van der Waals surface area contributed by atoms with Gasteiger partial charge in [-0.3, -0.25) is 30.1 Å². The van der Waals surface area contributed by atoms with E-state index >= 15 is 0 Å². The lowest BCUT2D eigenvalue weighted by Gasteiger charge is -2.35. The number of carboxylic acid groups (broad SMARTS) is 1. The van der Waals surface area contributed by atoms with Gasteiger partial charge in [0.15, 0.2) is 0 Å². The number of nitrogens with zero attached hydrogens (tertiary/aromatic N) is 1. The highest BCUT2D eigenvalue weighted by molar-refractivity contribution is 5.81. The first-order chi connectivity index (χ1) is 9.38. The van der Waals surface area contributed by atoms with Crippen LogP contribution in [0.3, 0.4) is 0 Å². The molecule has 2 amide bonds. The number of amides is 2. The minimum absolute atomic E-state index is 0.105. The Labute approximate surface area is 118 Å². The maximum absolute atomic E-state index is 11.6. The Morgan fingerprint density at radius 2 is 2.05 bits per heavy atom. The van der Waals surface area contributed by atoms with Crippen molar-refractivity contribution in [2.45, 2.75) is 33.1 Å². The number of hydrogen-bond donors (Lipinski definition) is 3. The zero-order valence-corrected chi connectivity index (χ0v) is 12.0. The van der Waals surface area contributed by atoms with Crippen LogP contribution in [0.2, 0.25) is 0 Å². The van der Waals surface area contributed by atoms with Gasteiger partial charge in [-0.05, 0) is 31.2 Å². The molecule has 1 rings (SSSR count). The van der Waals surface area contributed by atoms with Crippen LogP contribution in [0.15, 0.2) is 0 Å². The molecule has 1 fully saturated rings. The normalized spacial score (nSPS) is 21.0. The van der Waals surface area contributed by atoms with Gasteiger partial charge in [0.25, 0.3) is 5.91 Å². The van der Waals surface area contributed by atoms with Gasteiger partial charge in [-0.25, -0.2) is 0 Å². The molecule has 0 aliphatic carbocycles. The van der Waals surface area contributed by atoms with Crippen LogP contribution >= 0.6 is 0 Å². The molecule has 7 heteroatoms. The van der Waals surface area contributed by atoms with E-state index in [1.807, 2.05) is 11.8 Å². The summed E-state index contributed by atoms with van der Waals surface area (Å²) in [7, 11) is 0. The summed E-state index contributed by atoms with van der Waals surface area (Å²) in [6.07, 6.45) is 2.12. The number of aliphatic carboxylic acids is 1. The fraction of sp³-hybridized carbons (Fsp3) is 0.769. The zero-order chi connectivity index (χ0) is 15.1. The van der Waals surface area contributed by atoms with Crippen molar-refractivity contribution in [2.24, 2.45) is 11.8 Å². The van der Waals surface area contributed by atoms with E-state index in [-0.39, 0.29) is 30.7 Å². The van der Waals surface area contributed by atoms with Crippen molar-refractivity contribution in [3.8, 4) is 0 Å². The minimum atomic E-state index is -0.780. The first-order valence-corrected chi connectivity index (χ1v) is 6.88. The summed E-state index contributed by atoms with van der Waals surface area (Å²) in [6, 6.07) is 0. The van der Waals surface area contributed by atoms with Crippen LogP contribution in [0.4, 0.5) is 0 Å². The molecular weight excluding hydrogens is 262 g/mol. The smallest absolute Gasteiger partial charge is 0.303 e. The Balaban J connectivity index is 2.38. The molecule has 0 saturated carbocycles. The average Bonchev–Trinajstić information content (AvgIpc) is 2.36. The van der Waals surface area contributed by atoms with Crippen LogP contribution in [-0.4, -0.2) is 47.4 Å². The van der Waals surface area contributed by atoms with Crippen molar-refractivity contribution in [2.75, 3.05) is 19.6 Å².